The summed E-state index contributed by atoms with van der Waals surface area (Å²) in [5.74, 6) is 0. The number of pyridine rings is 1. The van der Waals surface area contributed by atoms with Crippen LogP contribution in [-0.2, 0) is 0 Å². The number of nitrogens with zero attached hydrogens (tertiary/aromatic N) is 12. The molecule has 0 bridgehead atoms. The van der Waals surface area contributed by atoms with Gasteiger partial charge >= 0.3 is 0 Å². The second-order valence-corrected chi connectivity index (χ2v) is 18.8. The minimum Gasteiger partial charge on any atom is -0.307 e. The first-order chi connectivity index (χ1) is 39.2. The number of hydrogen-bond acceptors (Lipinski definition) is 10. The second-order valence-electron chi connectivity index (χ2n) is 18.8. The molecule has 12 aromatic rings. The van der Waals surface area contributed by atoms with Gasteiger partial charge in [-0.25, -0.2) is 0 Å². The maximum atomic E-state index is 10.3. The van der Waals surface area contributed by atoms with E-state index >= 15 is 0 Å². The zero-order valence-electron chi connectivity index (χ0n) is 41.7. The van der Waals surface area contributed by atoms with Crippen LogP contribution in [0.3, 0.4) is 0 Å². The summed E-state index contributed by atoms with van der Waals surface area (Å²) in [5.41, 5.74) is 14.6. The molecule has 0 radical (unpaired) electrons. The fourth-order valence-electron chi connectivity index (χ4n) is 10.9. The second kappa shape index (κ2) is 19.4. The van der Waals surface area contributed by atoms with E-state index in [1.54, 1.807) is 97.3 Å². The number of benzene rings is 9. The molecule has 80 heavy (non-hydrogen) atoms. The van der Waals surface area contributed by atoms with Crippen molar-refractivity contribution in [1.29, 1.82) is 47.4 Å². The lowest BCUT2D eigenvalue weighted by Gasteiger charge is -2.20. The van der Waals surface area contributed by atoms with Crippen LogP contribution < -0.4 is 0 Å². The highest BCUT2D eigenvalue weighted by Gasteiger charge is 2.25. The quantitative estimate of drug-likeness (QED) is 0.146. The molecule has 3 heterocycles. The summed E-state index contributed by atoms with van der Waals surface area (Å²) < 4.78 is 4.26. The fourth-order valence-corrected chi connectivity index (χ4v) is 10.9. The zero-order chi connectivity index (χ0) is 55.2. The fraction of sp³-hybridized carbons (Fsp3) is 0. The van der Waals surface area contributed by atoms with Crippen LogP contribution in [0.1, 0.15) is 50.1 Å². The largest absolute Gasteiger partial charge is 0.307 e. The average molecular weight is 1020 g/mol. The normalized spacial score (nSPS) is 10.6. The maximum absolute atomic E-state index is 10.3. The van der Waals surface area contributed by atoms with Gasteiger partial charge in [-0.1, -0.05) is 60.7 Å². The summed E-state index contributed by atoms with van der Waals surface area (Å²) in [4.78, 5) is 5.02. The molecule has 12 heteroatoms. The zero-order valence-corrected chi connectivity index (χ0v) is 41.7. The smallest absolute Gasteiger partial charge is 0.0998 e. The Morgan fingerprint density at radius 1 is 0.263 bits per heavy atom. The van der Waals surface area contributed by atoms with Crippen molar-refractivity contribution in [2.24, 2.45) is 0 Å². The van der Waals surface area contributed by atoms with E-state index < -0.39 is 0 Å². The Kier molecular flexibility index (Phi) is 11.7. The Balaban J connectivity index is 1.18. The molecule has 12 nitrogen and oxygen atoms in total. The van der Waals surface area contributed by atoms with Crippen molar-refractivity contribution < 1.29 is 0 Å². The van der Waals surface area contributed by atoms with E-state index in [0.29, 0.717) is 83.7 Å². The van der Waals surface area contributed by atoms with Crippen LogP contribution in [0.2, 0.25) is 0 Å². The van der Waals surface area contributed by atoms with Crippen molar-refractivity contribution in [2.45, 2.75) is 0 Å². The maximum Gasteiger partial charge on any atom is 0.0998 e. The number of hydrogen-bond donors (Lipinski definition) is 0. The lowest BCUT2D eigenvalue weighted by Crippen LogP contribution is -2.05. The molecule has 0 aliphatic heterocycles. The van der Waals surface area contributed by atoms with Gasteiger partial charge in [0.15, 0.2) is 0 Å². The minimum absolute atomic E-state index is 0.333. The van der Waals surface area contributed by atoms with Crippen molar-refractivity contribution in [1.82, 2.24) is 14.1 Å². The van der Waals surface area contributed by atoms with Crippen LogP contribution in [0.5, 0.6) is 0 Å². The summed E-state index contributed by atoms with van der Waals surface area (Å²) in [6.45, 7) is 0. The van der Waals surface area contributed by atoms with Gasteiger partial charge in [-0.2, -0.15) is 47.4 Å². The van der Waals surface area contributed by atoms with Crippen LogP contribution in [-0.4, -0.2) is 14.1 Å². The van der Waals surface area contributed by atoms with Gasteiger partial charge in [-0.15, -0.1) is 0 Å². The molecule has 0 spiro atoms. The molecule has 0 unspecified atom stereocenters. The predicted octanol–water partition coefficient (Wildman–Crippen LogP) is 14.5. The number of nitriles is 9. The van der Waals surface area contributed by atoms with E-state index in [9.17, 15) is 47.4 Å². The van der Waals surface area contributed by atoms with Crippen molar-refractivity contribution in [2.75, 3.05) is 0 Å². The Morgan fingerprint density at radius 2 is 0.525 bits per heavy atom. The first-order valence-electron chi connectivity index (χ1n) is 24.7. The molecular weight excluding hydrogens is 985 g/mol. The SMILES string of the molecule is N#Cc1ccc(-c2c(-n3c4ccc(-c5ccc(C#N)cc5C#N)cc4c4cc(-c5ccc(C#N)cc5C#N)ccc43)cncc2-n2c3ccc(-c4ccc(C#N)cc4C#N)cc3c3cc(-c4ccc(C#N)cc4C#N)ccc32)cc1. The van der Waals surface area contributed by atoms with E-state index in [1.165, 1.54) is 0 Å². The van der Waals surface area contributed by atoms with Crippen molar-refractivity contribution in [3.05, 3.63) is 232 Å². The average Bonchev–Trinajstić information content (AvgIpc) is 4.17. The van der Waals surface area contributed by atoms with E-state index in [2.05, 4.69) is 63.8 Å². The third-order valence-corrected chi connectivity index (χ3v) is 14.5. The first-order valence-corrected chi connectivity index (χ1v) is 24.7. The van der Waals surface area contributed by atoms with Crippen LogP contribution in [0.25, 0.3) is 111 Å². The van der Waals surface area contributed by atoms with E-state index in [-0.39, 0.29) is 0 Å². The van der Waals surface area contributed by atoms with Gasteiger partial charge in [-0.3, -0.25) is 4.98 Å². The third kappa shape index (κ3) is 7.82. The first kappa shape index (κ1) is 48.1. The summed E-state index contributed by atoms with van der Waals surface area (Å²) >= 11 is 0. The molecule has 0 N–H and O–H groups in total. The lowest BCUT2D eigenvalue weighted by atomic mass is 9.95. The molecule has 9 aromatic carbocycles. The topological polar surface area (TPSA) is 237 Å². The molecule has 0 amide bonds. The molecule has 0 saturated carbocycles. The highest BCUT2D eigenvalue weighted by Crippen LogP contribution is 2.45. The van der Waals surface area contributed by atoms with Crippen molar-refractivity contribution in [3.8, 4) is 122 Å². The summed E-state index contributed by atoms with van der Waals surface area (Å²) in [6, 6.07) is 71.0. The molecule has 0 aliphatic carbocycles. The van der Waals surface area contributed by atoms with Gasteiger partial charge in [0.05, 0.1) is 151 Å². The van der Waals surface area contributed by atoms with Crippen LogP contribution in [0.15, 0.2) is 182 Å². The number of fused-ring (bicyclic) bond motifs is 6. The lowest BCUT2D eigenvalue weighted by molar-refractivity contribution is 1.09. The van der Waals surface area contributed by atoms with Crippen LogP contribution in [0.4, 0.5) is 0 Å². The molecule has 362 valence electrons. The number of aromatic nitrogens is 3. The third-order valence-electron chi connectivity index (χ3n) is 14.5. The summed E-state index contributed by atoms with van der Waals surface area (Å²) in [5, 5.41) is 93.4. The van der Waals surface area contributed by atoms with E-state index in [0.717, 1.165) is 77.0 Å². The summed E-state index contributed by atoms with van der Waals surface area (Å²) in [7, 11) is 0. The highest BCUT2D eigenvalue weighted by molar-refractivity contribution is 6.14. The van der Waals surface area contributed by atoms with Gasteiger partial charge in [0.1, 0.15) is 0 Å². The van der Waals surface area contributed by atoms with Gasteiger partial charge in [0.2, 0.25) is 0 Å². The Morgan fingerprint density at radius 3 is 0.787 bits per heavy atom. The molecule has 0 atom stereocenters. The van der Waals surface area contributed by atoms with E-state index in [4.69, 9.17) is 4.98 Å². The molecular formula is C68H30N12. The monoisotopic (exact) mass is 1010 g/mol. The van der Waals surface area contributed by atoms with Crippen molar-refractivity contribution in [3.63, 3.8) is 0 Å². The van der Waals surface area contributed by atoms with Gasteiger partial charge in [0, 0.05) is 27.1 Å². The highest BCUT2D eigenvalue weighted by atomic mass is 15.0. The minimum atomic E-state index is 0.333. The molecule has 0 aliphatic rings. The Hall–Kier alpha value is -12.9. The molecule has 12 rings (SSSR count). The van der Waals surface area contributed by atoms with Crippen molar-refractivity contribution >= 4 is 43.6 Å². The standard InChI is InChI=1S/C68H30N12/c69-29-40-1-7-45(8-2-40)68-66(79-62-17-9-46(54-13-3-41(30-70)21-50(54)34-74)25-58(62)59-26-47(10-18-63(59)79)55-14-4-42(31-71)22-51(55)35-75)38-78-39-67(68)80-64-19-11-48(56-15-5-43(32-72)23-52(56)36-76)27-60(64)61-28-49(12-20-65(61)80)57-16-6-44(33-73)24-53(57)37-77/h1-28,38-39H. The van der Waals surface area contributed by atoms with Crippen LogP contribution in [0, 0.1) is 102 Å². The van der Waals surface area contributed by atoms with Crippen LogP contribution >= 0.6 is 0 Å². The molecule has 0 saturated heterocycles. The Bertz CT molecular complexity index is 4570. The van der Waals surface area contributed by atoms with Gasteiger partial charge in [0.25, 0.3) is 0 Å². The van der Waals surface area contributed by atoms with Gasteiger partial charge in [-0.05, 0) is 159 Å². The summed E-state index contributed by atoms with van der Waals surface area (Å²) in [6.07, 6.45) is 3.60. The Labute approximate surface area is 456 Å². The molecule has 0 fully saturated rings. The van der Waals surface area contributed by atoms with Gasteiger partial charge < -0.3 is 9.13 Å². The molecule has 3 aromatic heterocycles. The number of rotatable bonds is 7. The van der Waals surface area contributed by atoms with E-state index in [1.807, 2.05) is 84.9 Å². The predicted molar refractivity (Wildman–Crippen MR) is 303 cm³/mol.